The van der Waals surface area contributed by atoms with Crippen LogP contribution >= 0.6 is 0 Å². The van der Waals surface area contributed by atoms with Gasteiger partial charge in [-0.15, -0.1) is 0 Å². The van der Waals surface area contributed by atoms with E-state index in [-0.39, 0.29) is 0 Å². The predicted molar refractivity (Wildman–Crippen MR) is 84.0 cm³/mol. The molecule has 0 atom stereocenters. The van der Waals surface area contributed by atoms with Crippen molar-refractivity contribution < 1.29 is 9.47 Å². The fraction of sp³-hybridized carbons (Fsp3) is 0.706. The summed E-state index contributed by atoms with van der Waals surface area (Å²) in [6.07, 6.45) is 2.24. The van der Waals surface area contributed by atoms with Crippen LogP contribution < -0.4 is 5.32 Å². The molecule has 1 N–H and O–H groups in total. The third-order valence-corrected chi connectivity index (χ3v) is 3.67. The Kier molecular flexibility index (Phi) is 7.13. The number of aromatic nitrogens is 1. The van der Waals surface area contributed by atoms with E-state index in [0.29, 0.717) is 18.4 Å². The maximum Gasteiger partial charge on any atom is 0.0888 e. The van der Waals surface area contributed by atoms with Gasteiger partial charge in [0, 0.05) is 19.8 Å². The van der Waals surface area contributed by atoms with Crippen molar-refractivity contribution in [2.75, 3.05) is 26.4 Å². The Morgan fingerprint density at radius 2 is 2.05 bits per heavy atom. The van der Waals surface area contributed by atoms with Gasteiger partial charge in [0.15, 0.2) is 0 Å². The summed E-state index contributed by atoms with van der Waals surface area (Å²) in [5, 5.41) is 3.42. The molecule has 1 aromatic rings. The standard InChI is InChI=1S/C17H28N2O2/c1-14(2)10-18-11-16-4-3-5-17(19-16)13-21-12-15-6-8-20-9-7-15/h3-5,14-15,18H,6-13H2,1-2H3. The molecule has 2 heterocycles. The molecule has 0 radical (unpaired) electrons. The van der Waals surface area contributed by atoms with E-state index in [9.17, 15) is 0 Å². The number of pyridine rings is 1. The van der Waals surface area contributed by atoms with Crippen LogP contribution in [0.5, 0.6) is 0 Å². The van der Waals surface area contributed by atoms with Crippen LogP contribution in [0.2, 0.25) is 0 Å². The smallest absolute Gasteiger partial charge is 0.0888 e. The van der Waals surface area contributed by atoms with Crippen molar-refractivity contribution in [3.8, 4) is 0 Å². The Balaban J connectivity index is 1.70. The van der Waals surface area contributed by atoms with E-state index in [0.717, 1.165) is 57.1 Å². The fourth-order valence-electron chi connectivity index (χ4n) is 2.44. The van der Waals surface area contributed by atoms with Gasteiger partial charge in [-0.05, 0) is 43.4 Å². The average molecular weight is 292 g/mol. The SMILES string of the molecule is CC(C)CNCc1cccc(COCC2CCOCC2)n1. The molecule has 0 amide bonds. The highest BCUT2D eigenvalue weighted by Gasteiger charge is 2.13. The van der Waals surface area contributed by atoms with Gasteiger partial charge in [-0.25, -0.2) is 0 Å². The molecule has 0 aromatic carbocycles. The lowest BCUT2D eigenvalue weighted by molar-refractivity contribution is 0.0150. The van der Waals surface area contributed by atoms with Crippen LogP contribution in [0.1, 0.15) is 38.1 Å². The lowest BCUT2D eigenvalue weighted by Gasteiger charge is -2.21. The van der Waals surface area contributed by atoms with Gasteiger partial charge >= 0.3 is 0 Å². The van der Waals surface area contributed by atoms with E-state index < -0.39 is 0 Å². The normalized spacial score (nSPS) is 16.5. The van der Waals surface area contributed by atoms with Crippen molar-refractivity contribution >= 4 is 0 Å². The predicted octanol–water partition coefficient (Wildman–Crippen LogP) is 2.77. The zero-order valence-electron chi connectivity index (χ0n) is 13.3. The lowest BCUT2D eigenvalue weighted by Crippen LogP contribution is -2.20. The van der Waals surface area contributed by atoms with Gasteiger partial charge in [-0.3, -0.25) is 4.98 Å². The molecule has 1 fully saturated rings. The van der Waals surface area contributed by atoms with Gasteiger partial charge in [-0.1, -0.05) is 19.9 Å². The minimum absolute atomic E-state index is 0.607. The van der Waals surface area contributed by atoms with E-state index in [4.69, 9.17) is 9.47 Å². The van der Waals surface area contributed by atoms with Crippen LogP contribution in [-0.4, -0.2) is 31.3 Å². The third kappa shape index (κ3) is 6.55. The van der Waals surface area contributed by atoms with Crippen molar-refractivity contribution in [1.82, 2.24) is 10.3 Å². The van der Waals surface area contributed by atoms with Gasteiger partial charge in [0.2, 0.25) is 0 Å². The van der Waals surface area contributed by atoms with E-state index in [1.165, 1.54) is 0 Å². The molecule has 2 rings (SSSR count). The summed E-state index contributed by atoms with van der Waals surface area (Å²) < 4.78 is 11.2. The summed E-state index contributed by atoms with van der Waals surface area (Å²) in [6, 6.07) is 6.16. The van der Waals surface area contributed by atoms with Crippen LogP contribution in [0, 0.1) is 11.8 Å². The molecule has 1 aromatic heterocycles. The second-order valence-electron chi connectivity index (χ2n) is 6.22. The first-order valence-electron chi connectivity index (χ1n) is 8.05. The van der Waals surface area contributed by atoms with Crippen molar-refractivity contribution in [2.24, 2.45) is 11.8 Å². The van der Waals surface area contributed by atoms with E-state index in [1.54, 1.807) is 0 Å². The Morgan fingerprint density at radius 3 is 2.81 bits per heavy atom. The summed E-state index contributed by atoms with van der Waals surface area (Å²) in [6.45, 7) is 9.45. The number of ether oxygens (including phenoxy) is 2. The summed E-state index contributed by atoms with van der Waals surface area (Å²) in [5.41, 5.74) is 2.11. The summed E-state index contributed by atoms with van der Waals surface area (Å²) in [7, 11) is 0. The first-order chi connectivity index (χ1) is 10.2. The fourth-order valence-corrected chi connectivity index (χ4v) is 2.44. The average Bonchev–Trinajstić information content (AvgIpc) is 2.48. The molecule has 1 saturated heterocycles. The Labute approximate surface area is 128 Å². The molecule has 0 aliphatic carbocycles. The molecular weight excluding hydrogens is 264 g/mol. The molecule has 21 heavy (non-hydrogen) atoms. The van der Waals surface area contributed by atoms with Gasteiger partial charge in [0.05, 0.1) is 24.6 Å². The molecule has 118 valence electrons. The first-order valence-corrected chi connectivity index (χ1v) is 8.05. The van der Waals surface area contributed by atoms with Crippen molar-refractivity contribution in [2.45, 2.75) is 39.8 Å². The van der Waals surface area contributed by atoms with E-state index in [2.05, 4.69) is 36.3 Å². The zero-order chi connectivity index (χ0) is 14.9. The molecule has 0 spiro atoms. The third-order valence-electron chi connectivity index (χ3n) is 3.67. The number of hydrogen-bond acceptors (Lipinski definition) is 4. The second-order valence-corrected chi connectivity index (χ2v) is 6.22. The number of nitrogens with one attached hydrogen (secondary N) is 1. The van der Waals surface area contributed by atoms with Crippen molar-refractivity contribution in [3.63, 3.8) is 0 Å². The van der Waals surface area contributed by atoms with Crippen molar-refractivity contribution in [3.05, 3.63) is 29.6 Å². The van der Waals surface area contributed by atoms with Gasteiger partial charge < -0.3 is 14.8 Å². The topological polar surface area (TPSA) is 43.4 Å². The van der Waals surface area contributed by atoms with E-state index >= 15 is 0 Å². The summed E-state index contributed by atoms with van der Waals surface area (Å²) >= 11 is 0. The number of nitrogens with zero attached hydrogens (tertiary/aromatic N) is 1. The molecule has 1 aliphatic heterocycles. The van der Waals surface area contributed by atoms with Crippen LogP contribution in [0.3, 0.4) is 0 Å². The Bertz CT molecular complexity index is 404. The van der Waals surface area contributed by atoms with Crippen LogP contribution in [0.15, 0.2) is 18.2 Å². The maximum absolute atomic E-state index is 5.82. The van der Waals surface area contributed by atoms with Crippen LogP contribution in [0.25, 0.3) is 0 Å². The minimum atomic E-state index is 0.607. The van der Waals surface area contributed by atoms with E-state index in [1.807, 2.05) is 6.07 Å². The molecule has 0 saturated carbocycles. The highest BCUT2D eigenvalue weighted by Crippen LogP contribution is 2.15. The summed E-state index contributed by atoms with van der Waals surface area (Å²) in [5.74, 6) is 1.31. The van der Waals surface area contributed by atoms with Crippen LogP contribution in [-0.2, 0) is 22.6 Å². The van der Waals surface area contributed by atoms with Gasteiger partial charge in [0.25, 0.3) is 0 Å². The highest BCUT2D eigenvalue weighted by molar-refractivity contribution is 5.10. The van der Waals surface area contributed by atoms with Gasteiger partial charge in [-0.2, -0.15) is 0 Å². The van der Waals surface area contributed by atoms with Gasteiger partial charge in [0.1, 0.15) is 0 Å². The molecule has 4 heteroatoms. The quantitative estimate of drug-likeness (QED) is 0.800. The van der Waals surface area contributed by atoms with Crippen LogP contribution in [0.4, 0.5) is 0 Å². The second kappa shape index (κ2) is 9.13. The molecule has 0 unspecified atom stereocenters. The minimum Gasteiger partial charge on any atom is -0.381 e. The lowest BCUT2D eigenvalue weighted by atomic mass is 10.0. The Hall–Kier alpha value is -0.970. The van der Waals surface area contributed by atoms with Crippen molar-refractivity contribution in [1.29, 1.82) is 0 Å². The molecule has 0 bridgehead atoms. The highest BCUT2D eigenvalue weighted by atomic mass is 16.5. The molecular formula is C17H28N2O2. The zero-order valence-corrected chi connectivity index (χ0v) is 13.3. The molecule has 4 nitrogen and oxygen atoms in total. The summed E-state index contributed by atoms with van der Waals surface area (Å²) in [4.78, 5) is 4.64. The molecule has 1 aliphatic rings. The number of hydrogen-bond donors (Lipinski definition) is 1. The maximum atomic E-state index is 5.82. The Morgan fingerprint density at radius 1 is 1.29 bits per heavy atom. The first kappa shape index (κ1) is 16.4. The monoisotopic (exact) mass is 292 g/mol. The number of rotatable bonds is 8. The largest absolute Gasteiger partial charge is 0.381 e.